The van der Waals surface area contributed by atoms with Crippen molar-refractivity contribution in [2.45, 2.75) is 19.9 Å². The lowest BCUT2D eigenvalue weighted by Gasteiger charge is -2.30. The number of hydrogen-bond acceptors (Lipinski definition) is 4. The molecule has 1 aromatic heterocycles. The molecule has 2 aromatic carbocycles. The summed E-state index contributed by atoms with van der Waals surface area (Å²) in [5.74, 6) is 0.616. The van der Waals surface area contributed by atoms with Gasteiger partial charge in [-0.2, -0.15) is 0 Å². The molecule has 0 radical (unpaired) electrons. The van der Waals surface area contributed by atoms with E-state index >= 15 is 0 Å². The van der Waals surface area contributed by atoms with Crippen molar-refractivity contribution in [2.24, 2.45) is 0 Å². The Kier molecular flexibility index (Phi) is 5.24. The van der Waals surface area contributed by atoms with Gasteiger partial charge in [0.25, 0.3) is 5.91 Å². The van der Waals surface area contributed by atoms with Crippen LogP contribution in [0.25, 0.3) is 0 Å². The summed E-state index contributed by atoms with van der Waals surface area (Å²) >= 11 is 0. The molecule has 0 aliphatic carbocycles. The van der Waals surface area contributed by atoms with Gasteiger partial charge >= 0.3 is 0 Å². The van der Waals surface area contributed by atoms with Crippen LogP contribution in [0, 0.1) is 0 Å². The Labute approximate surface area is 165 Å². The van der Waals surface area contributed by atoms with E-state index in [4.69, 9.17) is 4.74 Å². The largest absolute Gasteiger partial charge is 0.494 e. The molecule has 0 spiro atoms. The molecule has 1 aliphatic heterocycles. The lowest BCUT2D eigenvalue weighted by molar-refractivity contribution is 0.102. The van der Waals surface area contributed by atoms with Crippen LogP contribution in [0.2, 0.25) is 0 Å². The Bertz CT molecular complexity index is 970. The number of rotatable bonds is 5. The van der Waals surface area contributed by atoms with E-state index in [1.165, 1.54) is 11.1 Å². The second-order valence-electron chi connectivity index (χ2n) is 6.78. The molecule has 0 bridgehead atoms. The van der Waals surface area contributed by atoms with Gasteiger partial charge in [-0.15, -0.1) is 0 Å². The van der Waals surface area contributed by atoms with Crippen LogP contribution in [-0.4, -0.2) is 24.0 Å². The summed E-state index contributed by atoms with van der Waals surface area (Å²) in [6.07, 6.45) is 4.42. The van der Waals surface area contributed by atoms with Crippen molar-refractivity contribution in [3.8, 4) is 5.75 Å². The second-order valence-corrected chi connectivity index (χ2v) is 6.78. The first-order valence-corrected chi connectivity index (χ1v) is 9.54. The number of amides is 1. The van der Waals surface area contributed by atoms with Gasteiger partial charge in [0.2, 0.25) is 0 Å². The summed E-state index contributed by atoms with van der Waals surface area (Å²) in [6.45, 7) is 4.31. The van der Waals surface area contributed by atoms with Crippen molar-refractivity contribution >= 4 is 17.3 Å². The number of pyridine rings is 1. The van der Waals surface area contributed by atoms with Gasteiger partial charge < -0.3 is 15.0 Å². The molecule has 0 fully saturated rings. The number of nitrogens with zero attached hydrogens (tertiary/aromatic N) is 2. The maximum Gasteiger partial charge on any atom is 0.257 e. The molecule has 28 heavy (non-hydrogen) atoms. The van der Waals surface area contributed by atoms with Crippen LogP contribution >= 0.6 is 0 Å². The zero-order chi connectivity index (χ0) is 19.3. The Hall–Kier alpha value is -3.34. The fourth-order valence-electron chi connectivity index (χ4n) is 3.45. The highest BCUT2D eigenvalue weighted by molar-refractivity contribution is 6.04. The molecule has 4 rings (SSSR count). The molecule has 0 atom stereocenters. The third-order valence-electron chi connectivity index (χ3n) is 4.90. The number of anilines is 2. The molecule has 1 amide bonds. The second kappa shape index (κ2) is 8.13. The first kappa shape index (κ1) is 18.0. The number of aromatic nitrogens is 1. The van der Waals surface area contributed by atoms with Crippen molar-refractivity contribution in [1.82, 2.24) is 4.98 Å². The average Bonchev–Trinajstić information content (AvgIpc) is 2.75. The van der Waals surface area contributed by atoms with E-state index in [0.717, 1.165) is 36.6 Å². The number of carbonyl (C=O) groups excluding carboxylic acids is 1. The highest BCUT2D eigenvalue weighted by atomic mass is 16.5. The van der Waals surface area contributed by atoms with Crippen molar-refractivity contribution in [3.05, 3.63) is 83.7 Å². The number of benzene rings is 2. The van der Waals surface area contributed by atoms with E-state index in [1.807, 2.05) is 43.5 Å². The van der Waals surface area contributed by atoms with Crippen LogP contribution in [0.5, 0.6) is 5.75 Å². The third-order valence-corrected chi connectivity index (χ3v) is 4.90. The van der Waals surface area contributed by atoms with Crippen LogP contribution in [0.1, 0.15) is 28.4 Å². The molecular weight excluding hydrogens is 350 g/mol. The summed E-state index contributed by atoms with van der Waals surface area (Å²) in [7, 11) is 0. The van der Waals surface area contributed by atoms with Gasteiger partial charge in [0.05, 0.1) is 24.1 Å². The summed E-state index contributed by atoms with van der Waals surface area (Å²) in [4.78, 5) is 19.2. The van der Waals surface area contributed by atoms with Crippen LogP contribution in [0.3, 0.4) is 0 Å². The molecule has 2 heterocycles. The molecule has 1 N–H and O–H groups in total. The van der Waals surface area contributed by atoms with Crippen molar-refractivity contribution in [1.29, 1.82) is 0 Å². The van der Waals surface area contributed by atoms with Crippen molar-refractivity contribution < 1.29 is 9.53 Å². The SMILES string of the molecule is CCOc1ccc(NC(=O)c2cncc(N3CCc4ccccc4C3)c2)cc1. The van der Waals surface area contributed by atoms with E-state index in [2.05, 4.69) is 39.5 Å². The first-order chi connectivity index (χ1) is 13.7. The number of nitrogens with one attached hydrogen (secondary N) is 1. The van der Waals surface area contributed by atoms with Gasteiger partial charge in [0.1, 0.15) is 5.75 Å². The van der Waals surface area contributed by atoms with Crippen LogP contribution < -0.4 is 15.0 Å². The molecule has 5 heteroatoms. The lowest BCUT2D eigenvalue weighted by atomic mass is 9.99. The predicted molar refractivity (Wildman–Crippen MR) is 111 cm³/mol. The molecule has 1 aliphatic rings. The molecule has 0 unspecified atom stereocenters. The normalized spacial score (nSPS) is 13.0. The van der Waals surface area contributed by atoms with Crippen molar-refractivity contribution in [3.63, 3.8) is 0 Å². The Balaban J connectivity index is 1.47. The zero-order valence-electron chi connectivity index (χ0n) is 15.9. The maximum atomic E-state index is 12.7. The van der Waals surface area contributed by atoms with E-state index in [0.29, 0.717) is 12.2 Å². The van der Waals surface area contributed by atoms with Crippen LogP contribution in [0.15, 0.2) is 67.0 Å². The molecule has 5 nitrogen and oxygen atoms in total. The van der Waals surface area contributed by atoms with E-state index < -0.39 is 0 Å². The van der Waals surface area contributed by atoms with Crippen molar-refractivity contribution in [2.75, 3.05) is 23.4 Å². The fourth-order valence-corrected chi connectivity index (χ4v) is 3.45. The van der Waals surface area contributed by atoms with Gasteiger partial charge in [-0.25, -0.2) is 0 Å². The maximum absolute atomic E-state index is 12.7. The highest BCUT2D eigenvalue weighted by Gasteiger charge is 2.17. The first-order valence-electron chi connectivity index (χ1n) is 9.54. The minimum absolute atomic E-state index is 0.170. The molecular formula is C23H23N3O2. The summed E-state index contributed by atoms with van der Waals surface area (Å²) < 4.78 is 5.43. The zero-order valence-corrected chi connectivity index (χ0v) is 15.9. The topological polar surface area (TPSA) is 54.5 Å². The Morgan fingerprint density at radius 1 is 1.11 bits per heavy atom. The smallest absolute Gasteiger partial charge is 0.257 e. The number of carbonyl (C=O) groups is 1. The lowest BCUT2D eigenvalue weighted by Crippen LogP contribution is -2.30. The van der Waals surface area contributed by atoms with E-state index in [1.54, 1.807) is 6.20 Å². The standard InChI is InChI=1S/C23H23N3O2/c1-2-28-22-9-7-20(8-10-22)25-23(27)19-13-21(15-24-14-19)26-12-11-17-5-3-4-6-18(17)16-26/h3-10,13-15H,2,11-12,16H2,1H3,(H,25,27). The number of hydrogen-bond donors (Lipinski definition) is 1. The molecule has 0 saturated carbocycles. The number of ether oxygens (including phenoxy) is 1. The number of fused-ring (bicyclic) bond motifs is 1. The minimum Gasteiger partial charge on any atom is -0.494 e. The Morgan fingerprint density at radius 3 is 2.68 bits per heavy atom. The van der Waals surface area contributed by atoms with Gasteiger partial charge in [-0.1, -0.05) is 24.3 Å². The molecule has 142 valence electrons. The third kappa shape index (κ3) is 3.98. The van der Waals surface area contributed by atoms with Crippen LogP contribution in [-0.2, 0) is 13.0 Å². The van der Waals surface area contributed by atoms with E-state index in [-0.39, 0.29) is 5.91 Å². The fraction of sp³-hybridized carbons (Fsp3) is 0.217. The summed E-state index contributed by atoms with van der Waals surface area (Å²) in [6, 6.07) is 17.8. The molecule has 3 aromatic rings. The summed E-state index contributed by atoms with van der Waals surface area (Å²) in [5, 5.41) is 2.92. The molecule has 0 saturated heterocycles. The minimum atomic E-state index is -0.170. The predicted octanol–water partition coefficient (Wildman–Crippen LogP) is 4.30. The monoisotopic (exact) mass is 373 g/mol. The quantitative estimate of drug-likeness (QED) is 0.725. The van der Waals surface area contributed by atoms with Gasteiger partial charge in [-0.05, 0) is 54.8 Å². The van der Waals surface area contributed by atoms with Gasteiger partial charge in [0, 0.05) is 25.0 Å². The van der Waals surface area contributed by atoms with Gasteiger partial charge in [0.15, 0.2) is 0 Å². The average molecular weight is 373 g/mol. The van der Waals surface area contributed by atoms with Crippen LogP contribution in [0.4, 0.5) is 11.4 Å². The van der Waals surface area contributed by atoms with Gasteiger partial charge in [-0.3, -0.25) is 9.78 Å². The van der Waals surface area contributed by atoms with E-state index in [9.17, 15) is 4.79 Å². The highest BCUT2D eigenvalue weighted by Crippen LogP contribution is 2.25. The summed E-state index contributed by atoms with van der Waals surface area (Å²) in [5.41, 5.74) is 4.97. The Morgan fingerprint density at radius 2 is 1.89 bits per heavy atom.